The summed E-state index contributed by atoms with van der Waals surface area (Å²) in [5, 5.41) is 2.89. The molecule has 2 heterocycles. The van der Waals surface area contributed by atoms with Crippen molar-refractivity contribution in [2.24, 2.45) is 0 Å². The van der Waals surface area contributed by atoms with E-state index in [1.807, 2.05) is 25.1 Å². The van der Waals surface area contributed by atoms with Gasteiger partial charge in [0.15, 0.2) is 0 Å². The lowest BCUT2D eigenvalue weighted by molar-refractivity contribution is -0.122. The maximum atomic E-state index is 12.9. The van der Waals surface area contributed by atoms with E-state index in [9.17, 15) is 9.59 Å². The minimum atomic E-state index is -0.637. The standard InChI is InChI=1S/C17H23N3O3/c1-4-8-18-16(22)20-9-7-17(11-20)13-10-12(23-3)5-6-14(13)19(2)15(17)21/h5-6,10H,4,7-9,11H2,1-3H3,(H,18,22)/t17-/m1/s1. The van der Waals surface area contributed by atoms with Crippen molar-refractivity contribution >= 4 is 17.6 Å². The highest BCUT2D eigenvalue weighted by Crippen LogP contribution is 2.47. The van der Waals surface area contributed by atoms with E-state index in [1.54, 1.807) is 24.0 Å². The van der Waals surface area contributed by atoms with Crippen LogP contribution in [0.4, 0.5) is 10.5 Å². The van der Waals surface area contributed by atoms with Crippen LogP contribution in [0.1, 0.15) is 25.3 Å². The number of carbonyl (C=O) groups is 2. The first-order valence-corrected chi connectivity index (χ1v) is 8.03. The zero-order valence-electron chi connectivity index (χ0n) is 13.9. The molecule has 6 heteroatoms. The summed E-state index contributed by atoms with van der Waals surface area (Å²) in [7, 11) is 3.41. The van der Waals surface area contributed by atoms with Crippen molar-refractivity contribution in [2.45, 2.75) is 25.2 Å². The first-order valence-electron chi connectivity index (χ1n) is 8.03. The van der Waals surface area contributed by atoms with Gasteiger partial charge in [-0.2, -0.15) is 0 Å². The molecule has 1 aromatic carbocycles. The van der Waals surface area contributed by atoms with Crippen molar-refractivity contribution in [1.29, 1.82) is 0 Å². The molecule has 1 N–H and O–H groups in total. The molecule has 2 aliphatic rings. The molecule has 2 aliphatic heterocycles. The third kappa shape index (κ3) is 2.33. The summed E-state index contributed by atoms with van der Waals surface area (Å²) >= 11 is 0. The maximum absolute atomic E-state index is 12.9. The van der Waals surface area contributed by atoms with Crippen molar-refractivity contribution in [2.75, 3.05) is 38.7 Å². The second-order valence-electron chi connectivity index (χ2n) is 6.23. The number of hydrogen-bond acceptors (Lipinski definition) is 3. The number of methoxy groups -OCH3 is 1. The van der Waals surface area contributed by atoms with Crippen molar-refractivity contribution in [3.8, 4) is 5.75 Å². The number of benzene rings is 1. The van der Waals surface area contributed by atoms with Crippen LogP contribution < -0.4 is 15.0 Å². The fraction of sp³-hybridized carbons (Fsp3) is 0.529. The van der Waals surface area contributed by atoms with Gasteiger partial charge in [0.1, 0.15) is 5.75 Å². The first-order chi connectivity index (χ1) is 11.0. The van der Waals surface area contributed by atoms with Crippen LogP contribution in [-0.2, 0) is 10.2 Å². The van der Waals surface area contributed by atoms with Crippen molar-refractivity contribution in [1.82, 2.24) is 10.2 Å². The molecule has 3 amide bonds. The molecule has 0 unspecified atom stereocenters. The van der Waals surface area contributed by atoms with Gasteiger partial charge in [-0.25, -0.2) is 4.79 Å². The van der Waals surface area contributed by atoms with Gasteiger partial charge in [-0.05, 0) is 36.6 Å². The summed E-state index contributed by atoms with van der Waals surface area (Å²) in [6.07, 6.45) is 1.54. The molecule has 0 bridgehead atoms. The number of hydrogen-bond donors (Lipinski definition) is 1. The molecule has 124 valence electrons. The zero-order valence-corrected chi connectivity index (χ0v) is 13.9. The number of anilines is 1. The Morgan fingerprint density at radius 3 is 2.91 bits per heavy atom. The van der Waals surface area contributed by atoms with Gasteiger partial charge < -0.3 is 19.9 Å². The monoisotopic (exact) mass is 317 g/mol. The number of nitrogens with one attached hydrogen (secondary N) is 1. The average molecular weight is 317 g/mol. The van der Waals surface area contributed by atoms with Crippen LogP contribution in [0.2, 0.25) is 0 Å². The normalized spacial score (nSPS) is 22.7. The minimum absolute atomic E-state index is 0.0616. The molecular weight excluding hydrogens is 294 g/mol. The molecule has 1 fully saturated rings. The topological polar surface area (TPSA) is 61.9 Å². The second kappa shape index (κ2) is 5.76. The minimum Gasteiger partial charge on any atom is -0.497 e. The Balaban J connectivity index is 1.91. The molecule has 1 atom stereocenters. The molecule has 1 saturated heterocycles. The van der Waals surface area contributed by atoms with Gasteiger partial charge in [-0.1, -0.05) is 6.92 Å². The Bertz CT molecular complexity index is 646. The van der Waals surface area contributed by atoms with E-state index in [0.717, 1.165) is 23.4 Å². The van der Waals surface area contributed by atoms with E-state index in [2.05, 4.69) is 5.32 Å². The number of nitrogens with zero attached hydrogens (tertiary/aromatic N) is 2. The van der Waals surface area contributed by atoms with Gasteiger partial charge in [0.2, 0.25) is 5.91 Å². The summed E-state index contributed by atoms with van der Waals surface area (Å²) in [6.45, 7) is 3.68. The highest BCUT2D eigenvalue weighted by atomic mass is 16.5. The van der Waals surface area contributed by atoms with E-state index in [1.165, 1.54) is 0 Å². The van der Waals surface area contributed by atoms with Crippen LogP contribution >= 0.6 is 0 Å². The van der Waals surface area contributed by atoms with Crippen LogP contribution in [0.3, 0.4) is 0 Å². The fourth-order valence-corrected chi connectivity index (χ4v) is 3.58. The van der Waals surface area contributed by atoms with Gasteiger partial charge in [-0.3, -0.25) is 4.79 Å². The summed E-state index contributed by atoms with van der Waals surface area (Å²) in [5.74, 6) is 0.798. The van der Waals surface area contributed by atoms with E-state index in [4.69, 9.17) is 4.74 Å². The van der Waals surface area contributed by atoms with Crippen LogP contribution in [-0.4, -0.2) is 50.6 Å². The Labute approximate surface area is 136 Å². The Morgan fingerprint density at radius 1 is 1.43 bits per heavy atom. The lowest BCUT2D eigenvalue weighted by Crippen LogP contribution is -2.44. The van der Waals surface area contributed by atoms with Gasteiger partial charge in [-0.15, -0.1) is 0 Å². The van der Waals surface area contributed by atoms with Crippen LogP contribution in [0.15, 0.2) is 18.2 Å². The van der Waals surface area contributed by atoms with E-state index in [0.29, 0.717) is 26.1 Å². The quantitative estimate of drug-likeness (QED) is 0.923. The molecular formula is C17H23N3O3. The summed E-state index contributed by atoms with van der Waals surface area (Å²) in [4.78, 5) is 28.6. The number of rotatable bonds is 3. The SMILES string of the molecule is CCCNC(=O)N1CC[C@]2(C1)C(=O)N(C)c1ccc(OC)cc12. The highest BCUT2D eigenvalue weighted by molar-refractivity contribution is 6.08. The maximum Gasteiger partial charge on any atom is 0.317 e. The first kappa shape index (κ1) is 15.6. The second-order valence-corrected chi connectivity index (χ2v) is 6.23. The van der Waals surface area contributed by atoms with E-state index >= 15 is 0 Å². The third-order valence-electron chi connectivity index (χ3n) is 4.88. The highest BCUT2D eigenvalue weighted by Gasteiger charge is 2.54. The zero-order chi connectivity index (χ0) is 16.6. The number of likely N-dealkylation sites (tertiary alicyclic amines) is 1. The number of fused-ring (bicyclic) bond motifs is 2. The molecule has 0 aliphatic carbocycles. The predicted octanol–water partition coefficient (Wildman–Crippen LogP) is 1.73. The number of urea groups is 1. The smallest absolute Gasteiger partial charge is 0.317 e. The number of carbonyl (C=O) groups excluding carboxylic acids is 2. The third-order valence-corrected chi connectivity index (χ3v) is 4.88. The van der Waals surface area contributed by atoms with Gasteiger partial charge in [0.25, 0.3) is 0 Å². The Kier molecular flexibility index (Phi) is 3.92. The molecule has 0 radical (unpaired) electrons. The summed E-state index contributed by atoms with van der Waals surface area (Å²) in [6, 6.07) is 5.63. The van der Waals surface area contributed by atoms with Crippen LogP contribution in [0.25, 0.3) is 0 Å². The molecule has 3 rings (SSSR count). The number of likely N-dealkylation sites (N-methyl/N-ethyl adjacent to an activating group) is 1. The van der Waals surface area contributed by atoms with Gasteiger partial charge in [0, 0.05) is 32.4 Å². The van der Waals surface area contributed by atoms with Crippen LogP contribution in [0.5, 0.6) is 5.75 Å². The van der Waals surface area contributed by atoms with E-state index < -0.39 is 5.41 Å². The molecule has 23 heavy (non-hydrogen) atoms. The molecule has 1 spiro atoms. The largest absolute Gasteiger partial charge is 0.497 e. The van der Waals surface area contributed by atoms with Gasteiger partial charge >= 0.3 is 6.03 Å². The predicted molar refractivity (Wildman–Crippen MR) is 88.0 cm³/mol. The molecule has 1 aromatic rings. The van der Waals surface area contributed by atoms with Crippen LogP contribution in [0, 0.1) is 0 Å². The van der Waals surface area contributed by atoms with Crippen molar-refractivity contribution in [3.63, 3.8) is 0 Å². The Hall–Kier alpha value is -2.24. The van der Waals surface area contributed by atoms with Gasteiger partial charge in [0.05, 0.1) is 12.5 Å². The summed E-state index contributed by atoms with van der Waals surface area (Å²) < 4.78 is 5.32. The fourth-order valence-electron chi connectivity index (χ4n) is 3.58. The lowest BCUT2D eigenvalue weighted by atomic mass is 9.81. The lowest BCUT2D eigenvalue weighted by Gasteiger charge is -2.23. The summed E-state index contributed by atoms with van der Waals surface area (Å²) in [5.41, 5.74) is 1.24. The molecule has 6 nitrogen and oxygen atoms in total. The van der Waals surface area contributed by atoms with Crippen molar-refractivity contribution in [3.05, 3.63) is 23.8 Å². The van der Waals surface area contributed by atoms with Crippen molar-refractivity contribution < 1.29 is 14.3 Å². The molecule has 0 aromatic heterocycles. The molecule has 0 saturated carbocycles. The Morgan fingerprint density at radius 2 is 2.22 bits per heavy atom. The number of ether oxygens (including phenoxy) is 1. The average Bonchev–Trinajstić information content (AvgIpc) is 3.11. The number of amides is 3. The van der Waals surface area contributed by atoms with E-state index in [-0.39, 0.29) is 11.9 Å².